The number of benzene rings is 1. The molecule has 2 rings (SSSR count). The van der Waals surface area contributed by atoms with Crippen molar-refractivity contribution >= 4 is 5.97 Å². The van der Waals surface area contributed by atoms with Crippen LogP contribution in [0, 0.1) is 0 Å². The van der Waals surface area contributed by atoms with Gasteiger partial charge in [0.25, 0.3) is 5.89 Å². The Hall–Kier alpha value is -2.21. The zero-order chi connectivity index (χ0) is 12.3. The molecule has 88 valence electrons. The van der Waals surface area contributed by atoms with E-state index in [1.54, 1.807) is 12.1 Å². The van der Waals surface area contributed by atoms with Crippen LogP contribution >= 0.6 is 0 Å². The number of methoxy groups -OCH3 is 1. The van der Waals surface area contributed by atoms with Crippen molar-refractivity contribution in [3.8, 4) is 11.5 Å². The first-order valence-corrected chi connectivity index (χ1v) is 4.86. The van der Waals surface area contributed by atoms with E-state index in [1.807, 2.05) is 0 Å². The van der Waals surface area contributed by atoms with Gasteiger partial charge in [-0.05, 0) is 24.3 Å². The molecule has 17 heavy (non-hydrogen) atoms. The molecule has 0 aliphatic heterocycles. The van der Waals surface area contributed by atoms with Crippen LogP contribution in [0.1, 0.15) is 16.2 Å². The Balaban J connectivity index is 2.23. The van der Waals surface area contributed by atoms with E-state index < -0.39 is 5.97 Å². The molecule has 0 saturated carbocycles. The van der Waals surface area contributed by atoms with Gasteiger partial charge in [0.1, 0.15) is 6.61 Å². The van der Waals surface area contributed by atoms with E-state index >= 15 is 0 Å². The summed E-state index contributed by atoms with van der Waals surface area (Å²) in [5, 5.41) is 12.5. The van der Waals surface area contributed by atoms with Crippen LogP contribution < -0.4 is 0 Å². The quantitative estimate of drug-likeness (QED) is 0.864. The summed E-state index contributed by atoms with van der Waals surface area (Å²) in [7, 11) is 1.54. The van der Waals surface area contributed by atoms with E-state index in [0.29, 0.717) is 17.3 Å². The number of hydrogen-bond donors (Lipinski definition) is 1. The molecule has 0 unspecified atom stereocenters. The van der Waals surface area contributed by atoms with E-state index in [1.165, 1.54) is 19.2 Å². The summed E-state index contributed by atoms with van der Waals surface area (Å²) in [4.78, 5) is 14.8. The Bertz CT molecular complexity index is 519. The number of rotatable bonds is 4. The number of hydrogen-bond acceptors (Lipinski definition) is 5. The first-order valence-electron chi connectivity index (χ1n) is 4.86. The van der Waals surface area contributed by atoms with Crippen LogP contribution in [-0.4, -0.2) is 28.3 Å². The normalized spacial score (nSPS) is 10.4. The number of carboxylic acids is 1. The Morgan fingerprint density at radius 1 is 1.41 bits per heavy atom. The van der Waals surface area contributed by atoms with Gasteiger partial charge < -0.3 is 14.4 Å². The lowest BCUT2D eigenvalue weighted by Gasteiger charge is -1.95. The van der Waals surface area contributed by atoms with Gasteiger partial charge >= 0.3 is 5.97 Å². The van der Waals surface area contributed by atoms with Crippen LogP contribution in [0.3, 0.4) is 0 Å². The topological polar surface area (TPSA) is 85.5 Å². The van der Waals surface area contributed by atoms with Crippen molar-refractivity contribution in [1.29, 1.82) is 0 Å². The van der Waals surface area contributed by atoms with Crippen molar-refractivity contribution in [1.82, 2.24) is 10.1 Å². The highest BCUT2D eigenvalue weighted by molar-refractivity contribution is 5.88. The van der Waals surface area contributed by atoms with Gasteiger partial charge in [-0.25, -0.2) is 4.79 Å². The van der Waals surface area contributed by atoms with Gasteiger partial charge in [0, 0.05) is 12.7 Å². The molecule has 1 aromatic heterocycles. The molecule has 1 heterocycles. The van der Waals surface area contributed by atoms with Crippen molar-refractivity contribution in [3.63, 3.8) is 0 Å². The van der Waals surface area contributed by atoms with E-state index in [4.69, 9.17) is 14.4 Å². The Labute approximate surface area is 96.8 Å². The fourth-order valence-electron chi connectivity index (χ4n) is 1.31. The molecule has 0 aliphatic carbocycles. The molecule has 1 aromatic carbocycles. The third kappa shape index (κ3) is 2.48. The number of carboxylic acid groups (broad SMARTS) is 1. The van der Waals surface area contributed by atoms with Gasteiger partial charge in [0.05, 0.1) is 5.56 Å². The van der Waals surface area contributed by atoms with Crippen LogP contribution in [-0.2, 0) is 11.3 Å². The van der Waals surface area contributed by atoms with Crippen LogP contribution in [0.4, 0.5) is 0 Å². The minimum absolute atomic E-state index is 0.213. The predicted octanol–water partition coefficient (Wildman–Crippen LogP) is 1.58. The maximum absolute atomic E-state index is 10.7. The van der Waals surface area contributed by atoms with Crippen molar-refractivity contribution in [2.45, 2.75) is 6.61 Å². The second kappa shape index (κ2) is 4.75. The summed E-state index contributed by atoms with van der Waals surface area (Å²) in [6, 6.07) is 6.21. The van der Waals surface area contributed by atoms with Crippen LogP contribution in [0.2, 0.25) is 0 Å². The Morgan fingerprint density at radius 3 is 2.71 bits per heavy atom. The van der Waals surface area contributed by atoms with Crippen LogP contribution in [0.25, 0.3) is 11.5 Å². The van der Waals surface area contributed by atoms with E-state index in [0.717, 1.165) is 0 Å². The average molecular weight is 234 g/mol. The second-order valence-electron chi connectivity index (χ2n) is 3.33. The summed E-state index contributed by atoms with van der Waals surface area (Å²) in [6.07, 6.45) is 0. The molecule has 0 atom stereocenters. The molecule has 0 bridgehead atoms. The number of aromatic nitrogens is 2. The summed E-state index contributed by atoms with van der Waals surface area (Å²) in [5.74, 6) is -0.180. The third-order valence-corrected chi connectivity index (χ3v) is 2.12. The zero-order valence-corrected chi connectivity index (χ0v) is 9.08. The van der Waals surface area contributed by atoms with Gasteiger partial charge in [0.2, 0.25) is 0 Å². The van der Waals surface area contributed by atoms with Crippen molar-refractivity contribution in [3.05, 3.63) is 35.7 Å². The van der Waals surface area contributed by atoms with Gasteiger partial charge in [-0.1, -0.05) is 5.16 Å². The third-order valence-electron chi connectivity index (χ3n) is 2.12. The highest BCUT2D eigenvalue weighted by atomic mass is 16.5. The lowest BCUT2D eigenvalue weighted by molar-refractivity contribution is 0.0697. The molecule has 0 aliphatic rings. The first kappa shape index (κ1) is 11.3. The lowest BCUT2D eigenvalue weighted by Crippen LogP contribution is -1.95. The van der Waals surface area contributed by atoms with Crippen molar-refractivity contribution in [2.75, 3.05) is 7.11 Å². The van der Waals surface area contributed by atoms with E-state index in [9.17, 15) is 4.79 Å². The number of carbonyl (C=O) groups is 1. The minimum Gasteiger partial charge on any atom is -0.478 e. The molecule has 1 N–H and O–H groups in total. The minimum atomic E-state index is -0.970. The number of ether oxygens (including phenoxy) is 1. The fourth-order valence-corrected chi connectivity index (χ4v) is 1.31. The standard InChI is InChI=1S/C11H10N2O4/c1-16-6-9-12-10(17-13-9)7-2-4-8(5-3-7)11(14)15/h2-5H,6H2,1H3,(H,14,15). The number of aromatic carboxylic acids is 1. The fraction of sp³-hybridized carbons (Fsp3) is 0.182. The first-order chi connectivity index (χ1) is 8.20. The maximum atomic E-state index is 10.7. The molecule has 6 heteroatoms. The van der Waals surface area contributed by atoms with Gasteiger partial charge in [-0.2, -0.15) is 4.98 Å². The molecule has 2 aromatic rings. The largest absolute Gasteiger partial charge is 0.478 e. The predicted molar refractivity (Wildman–Crippen MR) is 57.4 cm³/mol. The van der Waals surface area contributed by atoms with Crippen molar-refractivity contribution < 1.29 is 19.2 Å². The highest BCUT2D eigenvalue weighted by Gasteiger charge is 2.09. The summed E-state index contributed by atoms with van der Waals surface area (Å²) in [5.41, 5.74) is 0.884. The Morgan fingerprint density at radius 2 is 2.12 bits per heavy atom. The molecule has 0 amide bonds. The molecular weight excluding hydrogens is 224 g/mol. The average Bonchev–Trinajstić information content (AvgIpc) is 2.78. The SMILES string of the molecule is COCc1noc(-c2ccc(C(=O)O)cc2)n1. The maximum Gasteiger partial charge on any atom is 0.335 e. The second-order valence-corrected chi connectivity index (χ2v) is 3.33. The summed E-state index contributed by atoms with van der Waals surface area (Å²) < 4.78 is 9.88. The van der Waals surface area contributed by atoms with Crippen LogP contribution in [0.15, 0.2) is 28.8 Å². The smallest absolute Gasteiger partial charge is 0.335 e. The molecule has 0 fully saturated rings. The number of nitrogens with zero attached hydrogens (tertiary/aromatic N) is 2. The van der Waals surface area contributed by atoms with Gasteiger partial charge in [0.15, 0.2) is 5.82 Å². The van der Waals surface area contributed by atoms with Crippen molar-refractivity contribution in [2.24, 2.45) is 0 Å². The van der Waals surface area contributed by atoms with E-state index in [2.05, 4.69) is 10.1 Å². The highest BCUT2D eigenvalue weighted by Crippen LogP contribution is 2.17. The Kier molecular flexibility index (Phi) is 3.15. The van der Waals surface area contributed by atoms with Crippen LogP contribution in [0.5, 0.6) is 0 Å². The molecular formula is C11H10N2O4. The summed E-state index contributed by atoms with van der Waals surface area (Å²) in [6.45, 7) is 0.275. The summed E-state index contributed by atoms with van der Waals surface area (Å²) >= 11 is 0. The zero-order valence-electron chi connectivity index (χ0n) is 9.08. The molecule has 0 saturated heterocycles. The van der Waals surface area contributed by atoms with E-state index in [-0.39, 0.29) is 12.2 Å². The lowest BCUT2D eigenvalue weighted by atomic mass is 10.1. The van der Waals surface area contributed by atoms with Gasteiger partial charge in [-0.3, -0.25) is 0 Å². The molecule has 0 radical (unpaired) electrons. The van der Waals surface area contributed by atoms with Gasteiger partial charge in [-0.15, -0.1) is 0 Å². The monoisotopic (exact) mass is 234 g/mol. The molecule has 0 spiro atoms. The molecule has 6 nitrogen and oxygen atoms in total.